The summed E-state index contributed by atoms with van der Waals surface area (Å²) in [5, 5.41) is 12.8. The average Bonchev–Trinajstić information content (AvgIpc) is 2.79. The van der Waals surface area contributed by atoms with Crippen molar-refractivity contribution < 1.29 is 9.84 Å². The van der Waals surface area contributed by atoms with Crippen molar-refractivity contribution >= 4 is 11.6 Å². The Morgan fingerprint density at radius 2 is 2.18 bits per heavy atom. The maximum atomic E-state index is 9.53. The normalized spacial score (nSPS) is 18.0. The van der Waals surface area contributed by atoms with Gasteiger partial charge in [-0.05, 0) is 12.8 Å². The lowest BCUT2D eigenvalue weighted by atomic mass is 9.99. The van der Waals surface area contributed by atoms with Crippen LogP contribution in [0.15, 0.2) is 6.33 Å². The summed E-state index contributed by atoms with van der Waals surface area (Å²) < 4.78 is 5.18. The zero-order valence-corrected chi connectivity index (χ0v) is 9.94. The standard InChI is InChI=1S/C11H18N4O2/c1-17-8-9(12)13-7-14-10(8)15-11(6-16)4-2-3-5-11/h7,16H,2-6H2,1H3,(H3,12,13,14,15). The van der Waals surface area contributed by atoms with Crippen LogP contribution < -0.4 is 15.8 Å². The highest BCUT2D eigenvalue weighted by Gasteiger charge is 2.34. The molecule has 1 aliphatic carbocycles. The molecule has 0 radical (unpaired) electrons. The first-order valence-electron chi connectivity index (χ1n) is 5.74. The number of anilines is 2. The number of nitrogens with one attached hydrogen (secondary N) is 1. The topological polar surface area (TPSA) is 93.3 Å². The molecule has 0 unspecified atom stereocenters. The third-order valence-corrected chi connectivity index (χ3v) is 3.28. The van der Waals surface area contributed by atoms with Gasteiger partial charge in [0.15, 0.2) is 11.6 Å². The van der Waals surface area contributed by atoms with Crippen molar-refractivity contribution in [3.05, 3.63) is 6.33 Å². The van der Waals surface area contributed by atoms with E-state index in [0.717, 1.165) is 25.7 Å². The molecule has 0 spiro atoms. The van der Waals surface area contributed by atoms with E-state index in [1.807, 2.05) is 0 Å². The Labute approximate surface area is 100 Å². The Hall–Kier alpha value is -1.56. The summed E-state index contributed by atoms with van der Waals surface area (Å²) in [6, 6.07) is 0. The maximum Gasteiger partial charge on any atom is 0.203 e. The number of nitrogens with zero attached hydrogens (tertiary/aromatic N) is 2. The Balaban J connectivity index is 2.25. The van der Waals surface area contributed by atoms with Crippen molar-refractivity contribution in [2.24, 2.45) is 0 Å². The molecule has 1 aromatic heterocycles. The molecule has 0 aliphatic heterocycles. The minimum absolute atomic E-state index is 0.0834. The van der Waals surface area contributed by atoms with Gasteiger partial charge < -0.3 is 20.9 Å². The van der Waals surface area contributed by atoms with Crippen LogP contribution in [0.4, 0.5) is 11.6 Å². The van der Waals surface area contributed by atoms with Crippen molar-refractivity contribution in [3.63, 3.8) is 0 Å². The SMILES string of the molecule is COc1c(N)ncnc1NC1(CO)CCCC1. The lowest BCUT2D eigenvalue weighted by molar-refractivity contribution is 0.213. The van der Waals surface area contributed by atoms with Gasteiger partial charge in [-0.15, -0.1) is 0 Å². The van der Waals surface area contributed by atoms with Gasteiger partial charge in [-0.25, -0.2) is 9.97 Å². The fourth-order valence-corrected chi connectivity index (χ4v) is 2.30. The van der Waals surface area contributed by atoms with Crippen LogP contribution in [-0.4, -0.2) is 34.3 Å². The Morgan fingerprint density at radius 3 is 2.76 bits per heavy atom. The zero-order valence-electron chi connectivity index (χ0n) is 9.94. The number of aliphatic hydroxyl groups excluding tert-OH is 1. The van der Waals surface area contributed by atoms with Crippen LogP contribution in [0.3, 0.4) is 0 Å². The molecule has 0 bridgehead atoms. The van der Waals surface area contributed by atoms with E-state index in [2.05, 4.69) is 15.3 Å². The second kappa shape index (κ2) is 4.75. The molecule has 1 heterocycles. The van der Waals surface area contributed by atoms with Gasteiger partial charge in [0.25, 0.3) is 0 Å². The summed E-state index contributed by atoms with van der Waals surface area (Å²) in [6.45, 7) is 0.0834. The van der Waals surface area contributed by atoms with E-state index in [1.54, 1.807) is 0 Å². The van der Waals surface area contributed by atoms with Crippen molar-refractivity contribution in [2.45, 2.75) is 31.2 Å². The largest absolute Gasteiger partial charge is 0.490 e. The molecular formula is C11H18N4O2. The quantitative estimate of drug-likeness (QED) is 0.718. The molecular weight excluding hydrogens is 220 g/mol. The molecule has 1 fully saturated rings. The Morgan fingerprint density at radius 1 is 1.47 bits per heavy atom. The molecule has 0 aromatic carbocycles. The fraction of sp³-hybridized carbons (Fsp3) is 0.636. The lowest BCUT2D eigenvalue weighted by Crippen LogP contribution is -2.39. The summed E-state index contributed by atoms with van der Waals surface area (Å²) in [5.41, 5.74) is 5.41. The van der Waals surface area contributed by atoms with E-state index in [1.165, 1.54) is 13.4 Å². The molecule has 1 aromatic rings. The van der Waals surface area contributed by atoms with Crippen molar-refractivity contribution in [2.75, 3.05) is 24.8 Å². The molecule has 0 saturated heterocycles. The van der Waals surface area contributed by atoms with E-state index in [9.17, 15) is 5.11 Å². The highest BCUT2D eigenvalue weighted by molar-refractivity contribution is 5.62. The van der Waals surface area contributed by atoms with E-state index >= 15 is 0 Å². The van der Waals surface area contributed by atoms with Gasteiger partial charge in [0.2, 0.25) is 5.75 Å². The number of nitrogen functional groups attached to an aromatic ring is 1. The van der Waals surface area contributed by atoms with Crippen LogP contribution in [0.1, 0.15) is 25.7 Å². The van der Waals surface area contributed by atoms with Gasteiger partial charge in [-0.2, -0.15) is 0 Å². The number of hydrogen-bond donors (Lipinski definition) is 3. The first-order chi connectivity index (χ1) is 8.21. The molecule has 1 aliphatic rings. The second-order valence-electron chi connectivity index (χ2n) is 4.41. The molecule has 17 heavy (non-hydrogen) atoms. The van der Waals surface area contributed by atoms with Crippen LogP contribution in [0.5, 0.6) is 5.75 Å². The van der Waals surface area contributed by atoms with Crippen molar-refractivity contribution in [3.8, 4) is 5.75 Å². The number of aliphatic hydroxyl groups is 1. The first-order valence-corrected chi connectivity index (χ1v) is 5.74. The van der Waals surface area contributed by atoms with E-state index in [0.29, 0.717) is 17.4 Å². The maximum absolute atomic E-state index is 9.53. The minimum Gasteiger partial charge on any atom is -0.490 e. The molecule has 0 amide bonds. The summed E-state index contributed by atoms with van der Waals surface area (Å²) in [7, 11) is 1.53. The highest BCUT2D eigenvalue weighted by atomic mass is 16.5. The predicted molar refractivity (Wildman–Crippen MR) is 64.9 cm³/mol. The smallest absolute Gasteiger partial charge is 0.203 e. The molecule has 94 valence electrons. The van der Waals surface area contributed by atoms with E-state index in [4.69, 9.17) is 10.5 Å². The number of nitrogens with two attached hydrogens (primary N) is 1. The summed E-state index contributed by atoms with van der Waals surface area (Å²) >= 11 is 0. The van der Waals surface area contributed by atoms with Crippen molar-refractivity contribution in [1.29, 1.82) is 0 Å². The highest BCUT2D eigenvalue weighted by Crippen LogP contribution is 2.36. The third-order valence-electron chi connectivity index (χ3n) is 3.28. The average molecular weight is 238 g/mol. The van der Waals surface area contributed by atoms with Crippen molar-refractivity contribution in [1.82, 2.24) is 9.97 Å². The first kappa shape index (κ1) is 11.9. The van der Waals surface area contributed by atoms with Gasteiger partial charge in [0.05, 0.1) is 19.3 Å². The van der Waals surface area contributed by atoms with Gasteiger partial charge in [-0.3, -0.25) is 0 Å². The Bertz CT molecular complexity index is 391. The zero-order chi connectivity index (χ0) is 12.3. The second-order valence-corrected chi connectivity index (χ2v) is 4.41. The van der Waals surface area contributed by atoms with Crippen LogP contribution >= 0.6 is 0 Å². The van der Waals surface area contributed by atoms with E-state index < -0.39 is 0 Å². The van der Waals surface area contributed by atoms with Gasteiger partial charge in [0.1, 0.15) is 6.33 Å². The van der Waals surface area contributed by atoms with Gasteiger partial charge in [0, 0.05) is 0 Å². The molecule has 4 N–H and O–H groups in total. The molecule has 6 heteroatoms. The monoisotopic (exact) mass is 238 g/mol. The summed E-state index contributed by atoms with van der Waals surface area (Å²) in [5.74, 6) is 1.29. The number of ether oxygens (including phenoxy) is 1. The lowest BCUT2D eigenvalue weighted by Gasteiger charge is -2.29. The van der Waals surface area contributed by atoms with Crippen LogP contribution in [0, 0.1) is 0 Å². The summed E-state index contributed by atoms with van der Waals surface area (Å²) in [6.07, 6.45) is 5.46. The third kappa shape index (κ3) is 2.26. The van der Waals surface area contributed by atoms with Gasteiger partial charge in [-0.1, -0.05) is 12.8 Å². The minimum atomic E-state index is -0.298. The molecule has 6 nitrogen and oxygen atoms in total. The summed E-state index contributed by atoms with van der Waals surface area (Å²) in [4.78, 5) is 8.00. The number of hydrogen-bond acceptors (Lipinski definition) is 6. The van der Waals surface area contributed by atoms with Crippen LogP contribution in [-0.2, 0) is 0 Å². The number of rotatable bonds is 4. The molecule has 2 rings (SSSR count). The molecule has 0 atom stereocenters. The Kier molecular flexibility index (Phi) is 3.33. The van der Waals surface area contributed by atoms with E-state index in [-0.39, 0.29) is 12.1 Å². The van der Waals surface area contributed by atoms with Crippen LogP contribution in [0.25, 0.3) is 0 Å². The predicted octanol–water partition coefficient (Wildman–Crippen LogP) is 0.784. The molecule has 1 saturated carbocycles. The number of aromatic nitrogens is 2. The fourth-order valence-electron chi connectivity index (χ4n) is 2.30. The van der Waals surface area contributed by atoms with Crippen LogP contribution in [0.2, 0.25) is 0 Å². The van der Waals surface area contributed by atoms with Gasteiger partial charge >= 0.3 is 0 Å². The number of methoxy groups -OCH3 is 1.